The predicted molar refractivity (Wildman–Crippen MR) is 164 cm³/mol. The van der Waals surface area contributed by atoms with Crippen LogP contribution < -0.4 is 0 Å². The molecule has 10 nitrogen and oxygen atoms in total. The maximum absolute atomic E-state index is 13.0. The summed E-state index contributed by atoms with van der Waals surface area (Å²) in [7, 11) is 0. The van der Waals surface area contributed by atoms with Crippen molar-refractivity contribution >= 4 is 11.7 Å². The Hall–Kier alpha value is -3.09. The summed E-state index contributed by atoms with van der Waals surface area (Å²) in [5.74, 6) is -5.28. The third-order valence-electron chi connectivity index (χ3n) is 10.8. The summed E-state index contributed by atoms with van der Waals surface area (Å²) in [5.41, 5.74) is -8.55. The lowest BCUT2D eigenvalue weighted by Crippen LogP contribution is -2.71. The molecule has 0 aliphatic heterocycles. The molecule has 0 amide bonds. The fourth-order valence-electron chi connectivity index (χ4n) is 8.18. The molecular weight excluding hydrogens is 580 g/mol. The molecule has 45 heavy (non-hydrogen) atoms. The van der Waals surface area contributed by atoms with Gasteiger partial charge in [0, 0.05) is 11.5 Å². The first-order valence-corrected chi connectivity index (χ1v) is 15.3. The van der Waals surface area contributed by atoms with Crippen LogP contribution in [0.3, 0.4) is 0 Å². The van der Waals surface area contributed by atoms with Gasteiger partial charge in [0.15, 0.2) is 5.60 Å². The first kappa shape index (κ1) is 33.3. The number of carbonyl (C=O) groups is 1. The molecule has 7 N–H and O–H groups in total. The Morgan fingerprint density at radius 1 is 0.867 bits per heavy atom. The summed E-state index contributed by atoms with van der Waals surface area (Å²) in [6, 6.07) is 16.6. The van der Waals surface area contributed by atoms with Crippen LogP contribution in [0.1, 0.15) is 49.5 Å². The largest absolute Gasteiger partial charge is 0.487 e. The monoisotopic (exact) mass is 624 g/mol. The van der Waals surface area contributed by atoms with Crippen molar-refractivity contribution in [3.05, 3.63) is 90.5 Å². The third-order valence-corrected chi connectivity index (χ3v) is 10.8. The highest BCUT2D eigenvalue weighted by molar-refractivity contribution is 5.89. The van der Waals surface area contributed by atoms with Crippen LogP contribution in [-0.4, -0.2) is 95.1 Å². The zero-order valence-electron chi connectivity index (χ0n) is 25.8. The van der Waals surface area contributed by atoms with Gasteiger partial charge in [-0.1, -0.05) is 75.5 Å². The van der Waals surface area contributed by atoms with Gasteiger partial charge in [-0.25, -0.2) is 4.79 Å². The van der Waals surface area contributed by atoms with Crippen molar-refractivity contribution in [2.75, 3.05) is 6.61 Å². The van der Waals surface area contributed by atoms with Gasteiger partial charge in [0.2, 0.25) is 0 Å². The highest BCUT2D eigenvalue weighted by Crippen LogP contribution is 2.62. The fraction of sp³-hybridized carbons (Fsp3) is 0.514. The van der Waals surface area contributed by atoms with Gasteiger partial charge in [-0.05, 0) is 49.3 Å². The first-order chi connectivity index (χ1) is 21.0. The molecule has 3 aliphatic carbocycles. The van der Waals surface area contributed by atoms with Gasteiger partial charge in [-0.15, -0.1) is 0 Å². The third kappa shape index (κ3) is 4.95. The Morgan fingerprint density at radius 2 is 1.42 bits per heavy atom. The van der Waals surface area contributed by atoms with Crippen molar-refractivity contribution < 1.29 is 50.0 Å². The average Bonchev–Trinajstić information content (AvgIpc) is 3.25. The summed E-state index contributed by atoms with van der Waals surface area (Å²) in [6.07, 6.45) is -7.80. The molecule has 3 fully saturated rings. The van der Waals surface area contributed by atoms with E-state index in [-0.39, 0.29) is 29.7 Å². The second-order valence-electron chi connectivity index (χ2n) is 13.4. The van der Waals surface area contributed by atoms with Gasteiger partial charge in [0.05, 0.1) is 29.3 Å². The van der Waals surface area contributed by atoms with Crippen LogP contribution in [0.25, 0.3) is 5.76 Å². The number of ether oxygens (including phenoxy) is 2. The fourth-order valence-corrected chi connectivity index (χ4v) is 8.18. The van der Waals surface area contributed by atoms with E-state index in [4.69, 9.17) is 9.47 Å². The smallest absolute Gasteiger partial charge is 0.338 e. The zero-order valence-corrected chi connectivity index (χ0v) is 25.8. The van der Waals surface area contributed by atoms with Crippen molar-refractivity contribution in [2.24, 2.45) is 23.7 Å². The molecule has 5 rings (SSSR count). The lowest BCUT2D eigenvalue weighted by molar-refractivity contribution is -0.265. The Balaban J connectivity index is 1.68. The SMILES string of the molecule is C=C(OC1C2C(O)C(O)(COC(=O)c3ccccc3)C(O)C3(O)C(O)C(C)CC3C2(O)C(C)CC1(O)C(=C)C)c1ccccc1. The minimum atomic E-state index is -2.86. The summed E-state index contributed by atoms with van der Waals surface area (Å²) < 4.78 is 11.8. The summed E-state index contributed by atoms with van der Waals surface area (Å²) in [4.78, 5) is 13.0. The van der Waals surface area contributed by atoms with Crippen molar-refractivity contribution in [2.45, 2.75) is 80.4 Å². The van der Waals surface area contributed by atoms with Gasteiger partial charge in [0.25, 0.3) is 0 Å². The number of hydrogen-bond acceptors (Lipinski definition) is 10. The molecule has 10 heteroatoms. The Labute approximate surface area is 262 Å². The van der Waals surface area contributed by atoms with Crippen molar-refractivity contribution in [3.8, 4) is 0 Å². The maximum atomic E-state index is 13.0. The van der Waals surface area contributed by atoms with Crippen LogP contribution in [0.5, 0.6) is 0 Å². The Kier molecular flexibility index (Phi) is 8.59. The van der Waals surface area contributed by atoms with Gasteiger partial charge in [-0.2, -0.15) is 0 Å². The second-order valence-corrected chi connectivity index (χ2v) is 13.4. The molecule has 2 aromatic rings. The van der Waals surface area contributed by atoms with E-state index in [1.807, 2.05) is 0 Å². The molecule has 0 spiro atoms. The first-order valence-electron chi connectivity index (χ1n) is 15.3. The average molecular weight is 625 g/mol. The molecule has 3 saturated carbocycles. The minimum absolute atomic E-state index is 0.00345. The lowest BCUT2D eigenvalue weighted by atomic mass is 9.53. The van der Waals surface area contributed by atoms with Gasteiger partial charge in [0.1, 0.15) is 35.8 Å². The van der Waals surface area contributed by atoms with Crippen molar-refractivity contribution in [1.82, 2.24) is 0 Å². The quantitative estimate of drug-likeness (QED) is 0.137. The van der Waals surface area contributed by atoms with E-state index in [1.165, 1.54) is 12.1 Å². The molecule has 3 aliphatic rings. The molecule has 0 radical (unpaired) electrons. The van der Waals surface area contributed by atoms with E-state index in [0.29, 0.717) is 5.56 Å². The molecule has 0 aromatic heterocycles. The van der Waals surface area contributed by atoms with E-state index in [0.717, 1.165) is 0 Å². The number of fused-ring (bicyclic) bond motifs is 3. The van der Waals surface area contributed by atoms with Crippen LogP contribution >= 0.6 is 0 Å². The Morgan fingerprint density at radius 3 is 1.98 bits per heavy atom. The minimum Gasteiger partial charge on any atom is -0.487 e. The summed E-state index contributed by atoms with van der Waals surface area (Å²) >= 11 is 0. The number of aliphatic hydroxyl groups excluding tert-OH is 3. The van der Waals surface area contributed by atoms with E-state index in [9.17, 15) is 40.5 Å². The van der Waals surface area contributed by atoms with Crippen LogP contribution in [-0.2, 0) is 9.47 Å². The van der Waals surface area contributed by atoms with Crippen molar-refractivity contribution in [3.63, 3.8) is 0 Å². The molecule has 2 aromatic carbocycles. The van der Waals surface area contributed by atoms with E-state index in [2.05, 4.69) is 13.2 Å². The van der Waals surface area contributed by atoms with Crippen LogP contribution in [0.15, 0.2) is 79.4 Å². The van der Waals surface area contributed by atoms with Crippen LogP contribution in [0.2, 0.25) is 0 Å². The summed E-state index contributed by atoms with van der Waals surface area (Å²) in [5, 5.41) is 85.0. The van der Waals surface area contributed by atoms with E-state index >= 15 is 0 Å². The summed E-state index contributed by atoms with van der Waals surface area (Å²) in [6.45, 7) is 11.8. The standard InChI is InChI=1S/C35H44O10/c1-19(2)32(40)17-21(4)34(42)25-16-20(3)27(36)35(25,43)31(39)33(41,18-44-30(38)24-14-10-7-11-15-24)28(37)26(34)29(32)45-22(5)23-12-8-6-9-13-23/h6-15,20-21,25-29,31,36-37,39-43H,1,5,16-18H2,2-4H3. The second kappa shape index (κ2) is 11.6. The molecule has 244 valence electrons. The van der Waals surface area contributed by atoms with E-state index in [1.54, 1.807) is 69.3 Å². The lowest BCUT2D eigenvalue weighted by Gasteiger charge is -2.59. The number of carbonyl (C=O) groups excluding carboxylic acids is 1. The molecule has 12 unspecified atom stereocenters. The maximum Gasteiger partial charge on any atom is 0.338 e. The zero-order chi connectivity index (χ0) is 33.1. The highest BCUT2D eigenvalue weighted by Gasteiger charge is 2.78. The Bertz CT molecular complexity index is 1430. The van der Waals surface area contributed by atoms with Gasteiger partial charge >= 0.3 is 5.97 Å². The van der Waals surface area contributed by atoms with E-state index < -0.39 is 83.1 Å². The molecule has 0 heterocycles. The highest BCUT2D eigenvalue weighted by atomic mass is 16.6. The molecule has 12 atom stereocenters. The van der Waals surface area contributed by atoms with Crippen LogP contribution in [0, 0.1) is 23.7 Å². The van der Waals surface area contributed by atoms with Crippen molar-refractivity contribution in [1.29, 1.82) is 0 Å². The number of benzene rings is 2. The number of aliphatic hydroxyl groups is 7. The van der Waals surface area contributed by atoms with Crippen LogP contribution in [0.4, 0.5) is 0 Å². The molecular formula is C35H44O10. The molecule has 0 saturated heterocycles. The predicted octanol–water partition coefficient (Wildman–Crippen LogP) is 1.81. The normalized spacial score (nSPS) is 42.5. The number of esters is 1. The number of rotatable bonds is 7. The molecule has 0 bridgehead atoms. The van der Waals surface area contributed by atoms with Gasteiger partial charge in [-0.3, -0.25) is 0 Å². The topological polar surface area (TPSA) is 177 Å². The number of hydrogen-bond donors (Lipinski definition) is 7. The van der Waals surface area contributed by atoms with Gasteiger partial charge < -0.3 is 45.2 Å².